The predicted octanol–water partition coefficient (Wildman–Crippen LogP) is 0.775. The lowest BCUT2D eigenvalue weighted by atomic mass is 10.2. The van der Waals surface area contributed by atoms with Crippen molar-refractivity contribution in [1.82, 2.24) is 24.8 Å². The van der Waals surface area contributed by atoms with Crippen LogP contribution in [0, 0.1) is 0 Å². The predicted molar refractivity (Wildman–Crippen MR) is 79.2 cm³/mol. The molecule has 1 saturated heterocycles. The summed E-state index contributed by atoms with van der Waals surface area (Å²) in [6.45, 7) is 5.69. The first-order chi connectivity index (χ1) is 10.6. The van der Waals surface area contributed by atoms with Crippen molar-refractivity contribution in [3.05, 3.63) is 24.1 Å². The highest BCUT2D eigenvalue weighted by Gasteiger charge is 2.31. The fourth-order valence-corrected chi connectivity index (χ4v) is 2.58. The highest BCUT2D eigenvalue weighted by Crippen LogP contribution is 2.23. The quantitative estimate of drug-likeness (QED) is 0.830. The normalized spacial score (nSPS) is 18.0. The molecule has 8 heteroatoms. The van der Waals surface area contributed by atoms with Gasteiger partial charge in [-0.2, -0.15) is 10.1 Å². The second-order valence-electron chi connectivity index (χ2n) is 5.47. The maximum atomic E-state index is 12.4. The Morgan fingerprint density at radius 2 is 2.23 bits per heavy atom. The van der Waals surface area contributed by atoms with Crippen molar-refractivity contribution in [2.45, 2.75) is 26.3 Å². The van der Waals surface area contributed by atoms with E-state index in [0.29, 0.717) is 24.8 Å². The van der Waals surface area contributed by atoms with E-state index in [-0.39, 0.29) is 11.9 Å². The molecule has 1 fully saturated rings. The molecular weight excluding hydrogens is 284 g/mol. The summed E-state index contributed by atoms with van der Waals surface area (Å²) >= 11 is 0. The first kappa shape index (κ1) is 14.7. The van der Waals surface area contributed by atoms with Crippen LogP contribution in [0.5, 0.6) is 0 Å². The van der Waals surface area contributed by atoms with Crippen molar-refractivity contribution >= 4 is 11.6 Å². The second-order valence-corrected chi connectivity index (χ2v) is 5.47. The summed E-state index contributed by atoms with van der Waals surface area (Å²) < 4.78 is 6.98. The fraction of sp³-hybridized carbons (Fsp3) is 0.571. The van der Waals surface area contributed by atoms with Crippen molar-refractivity contribution < 1.29 is 9.32 Å². The number of hydrogen-bond donors (Lipinski definition) is 0. The first-order valence-electron chi connectivity index (χ1n) is 7.44. The third-order valence-electron chi connectivity index (χ3n) is 3.96. The SMILES string of the molecule is CCc1noc([C@H](C)N2CCN(c3cnn(C)c3)C(=O)C2)n1. The van der Waals surface area contributed by atoms with Crippen LogP contribution in [0.15, 0.2) is 16.9 Å². The van der Waals surface area contributed by atoms with Gasteiger partial charge in [-0.1, -0.05) is 12.1 Å². The van der Waals surface area contributed by atoms with Gasteiger partial charge in [-0.15, -0.1) is 0 Å². The van der Waals surface area contributed by atoms with Gasteiger partial charge in [0.15, 0.2) is 5.82 Å². The zero-order valence-corrected chi connectivity index (χ0v) is 13.1. The van der Waals surface area contributed by atoms with Crippen LogP contribution < -0.4 is 4.90 Å². The number of hydrogen-bond acceptors (Lipinski definition) is 6. The van der Waals surface area contributed by atoms with E-state index in [9.17, 15) is 4.79 Å². The largest absolute Gasteiger partial charge is 0.338 e. The van der Waals surface area contributed by atoms with Gasteiger partial charge in [0.25, 0.3) is 0 Å². The smallest absolute Gasteiger partial charge is 0.243 e. The number of aromatic nitrogens is 4. The van der Waals surface area contributed by atoms with Crippen LogP contribution in [0.3, 0.4) is 0 Å². The average Bonchev–Trinajstić information content (AvgIpc) is 3.15. The van der Waals surface area contributed by atoms with Crippen molar-refractivity contribution in [1.29, 1.82) is 0 Å². The monoisotopic (exact) mass is 304 g/mol. The molecule has 0 saturated carbocycles. The Kier molecular flexibility index (Phi) is 3.93. The minimum absolute atomic E-state index is 0.0568. The highest BCUT2D eigenvalue weighted by molar-refractivity contribution is 5.95. The summed E-state index contributed by atoms with van der Waals surface area (Å²) in [5, 5.41) is 8.03. The number of carbonyl (C=O) groups is 1. The number of anilines is 1. The van der Waals surface area contributed by atoms with Gasteiger partial charge < -0.3 is 9.42 Å². The van der Waals surface area contributed by atoms with E-state index in [1.165, 1.54) is 0 Å². The first-order valence-corrected chi connectivity index (χ1v) is 7.44. The van der Waals surface area contributed by atoms with Crippen LogP contribution in [-0.4, -0.2) is 50.4 Å². The molecule has 0 unspecified atom stereocenters. The third-order valence-corrected chi connectivity index (χ3v) is 3.96. The van der Waals surface area contributed by atoms with Gasteiger partial charge in [0.1, 0.15) is 0 Å². The minimum Gasteiger partial charge on any atom is -0.338 e. The van der Waals surface area contributed by atoms with Gasteiger partial charge in [0.2, 0.25) is 11.8 Å². The molecule has 0 aromatic carbocycles. The molecular formula is C14H20N6O2. The molecule has 1 amide bonds. The molecule has 2 aromatic heterocycles. The van der Waals surface area contributed by atoms with Crippen molar-refractivity contribution in [3.8, 4) is 0 Å². The zero-order valence-electron chi connectivity index (χ0n) is 13.1. The van der Waals surface area contributed by atoms with Gasteiger partial charge in [0, 0.05) is 32.8 Å². The molecule has 1 aliphatic heterocycles. The number of aryl methyl sites for hydroxylation is 2. The van der Waals surface area contributed by atoms with Crippen LogP contribution in [0.4, 0.5) is 5.69 Å². The Hall–Kier alpha value is -2.22. The fourth-order valence-electron chi connectivity index (χ4n) is 2.58. The van der Waals surface area contributed by atoms with Gasteiger partial charge >= 0.3 is 0 Å². The second kappa shape index (κ2) is 5.88. The van der Waals surface area contributed by atoms with Crippen LogP contribution in [0.2, 0.25) is 0 Å². The molecule has 118 valence electrons. The van der Waals surface area contributed by atoms with E-state index in [4.69, 9.17) is 4.52 Å². The summed E-state index contributed by atoms with van der Waals surface area (Å²) in [7, 11) is 1.84. The van der Waals surface area contributed by atoms with Crippen LogP contribution in [-0.2, 0) is 18.3 Å². The Morgan fingerprint density at radius 3 is 2.82 bits per heavy atom. The highest BCUT2D eigenvalue weighted by atomic mass is 16.5. The van der Waals surface area contributed by atoms with Gasteiger partial charge in [-0.3, -0.25) is 14.4 Å². The van der Waals surface area contributed by atoms with E-state index < -0.39 is 0 Å². The van der Waals surface area contributed by atoms with Crippen molar-refractivity contribution in [2.75, 3.05) is 24.5 Å². The number of carbonyl (C=O) groups excluding carboxylic acids is 1. The molecule has 0 bridgehead atoms. The number of nitrogens with zero attached hydrogens (tertiary/aromatic N) is 6. The van der Waals surface area contributed by atoms with E-state index >= 15 is 0 Å². The van der Waals surface area contributed by atoms with Crippen LogP contribution >= 0.6 is 0 Å². The van der Waals surface area contributed by atoms with Crippen LogP contribution in [0.1, 0.15) is 31.6 Å². The van der Waals surface area contributed by atoms with E-state index in [2.05, 4.69) is 20.1 Å². The van der Waals surface area contributed by atoms with Gasteiger partial charge in [-0.25, -0.2) is 0 Å². The van der Waals surface area contributed by atoms with E-state index in [1.807, 2.05) is 27.1 Å². The number of rotatable bonds is 4. The standard InChI is InChI=1S/C14H20N6O2/c1-4-12-16-14(22-17-12)10(2)19-5-6-20(13(21)9-19)11-7-15-18(3)8-11/h7-8,10H,4-6,9H2,1-3H3/t10-/m0/s1. The van der Waals surface area contributed by atoms with Crippen molar-refractivity contribution in [3.63, 3.8) is 0 Å². The summed E-state index contributed by atoms with van der Waals surface area (Å²) in [5.41, 5.74) is 0.839. The average molecular weight is 304 g/mol. The molecule has 1 atom stereocenters. The minimum atomic E-state index is -0.0622. The van der Waals surface area contributed by atoms with Crippen LogP contribution in [0.25, 0.3) is 0 Å². The summed E-state index contributed by atoms with van der Waals surface area (Å²) in [4.78, 5) is 20.6. The van der Waals surface area contributed by atoms with Gasteiger partial charge in [0.05, 0.1) is 24.5 Å². The molecule has 8 nitrogen and oxygen atoms in total. The summed E-state index contributed by atoms with van der Waals surface area (Å²) in [6.07, 6.45) is 4.30. The molecule has 3 rings (SSSR count). The van der Waals surface area contributed by atoms with E-state index in [0.717, 1.165) is 18.7 Å². The summed E-state index contributed by atoms with van der Waals surface area (Å²) in [6, 6.07) is -0.0622. The third kappa shape index (κ3) is 2.74. The Morgan fingerprint density at radius 1 is 1.41 bits per heavy atom. The molecule has 1 aliphatic rings. The molecule has 0 radical (unpaired) electrons. The Bertz CT molecular complexity index is 664. The molecule has 0 aliphatic carbocycles. The van der Waals surface area contributed by atoms with Gasteiger partial charge in [-0.05, 0) is 6.92 Å². The molecule has 3 heterocycles. The molecule has 22 heavy (non-hydrogen) atoms. The molecule has 2 aromatic rings. The van der Waals surface area contributed by atoms with Crippen molar-refractivity contribution in [2.24, 2.45) is 7.05 Å². The zero-order chi connectivity index (χ0) is 15.7. The number of piperazine rings is 1. The Labute approximate surface area is 128 Å². The number of amides is 1. The maximum Gasteiger partial charge on any atom is 0.243 e. The Balaban J connectivity index is 1.68. The molecule has 0 spiro atoms. The lowest BCUT2D eigenvalue weighted by Crippen LogP contribution is -2.51. The lowest BCUT2D eigenvalue weighted by Gasteiger charge is -2.35. The molecule has 0 N–H and O–H groups in total. The summed E-state index contributed by atoms with van der Waals surface area (Å²) in [5.74, 6) is 1.32. The van der Waals surface area contributed by atoms with E-state index in [1.54, 1.807) is 15.8 Å². The maximum absolute atomic E-state index is 12.4. The topological polar surface area (TPSA) is 80.3 Å². The lowest BCUT2D eigenvalue weighted by molar-refractivity contribution is -0.122.